The predicted octanol–water partition coefficient (Wildman–Crippen LogP) is 3.22. The van der Waals surface area contributed by atoms with Crippen LogP contribution in [0.2, 0.25) is 0 Å². The van der Waals surface area contributed by atoms with Crippen LogP contribution in [0.5, 0.6) is 0 Å². The molecule has 0 atom stereocenters. The largest absolute Gasteiger partial charge is 0.370 e. The van der Waals surface area contributed by atoms with E-state index in [-0.39, 0.29) is 12.5 Å². The van der Waals surface area contributed by atoms with Crippen LogP contribution in [0.1, 0.15) is 45.5 Å². The summed E-state index contributed by atoms with van der Waals surface area (Å²) in [6.07, 6.45) is 3.50. The molecule has 2 heterocycles. The number of aryl methyl sites for hydroxylation is 1. The quantitative estimate of drug-likeness (QED) is 0.831. The molecular formula is C22H23N3O3. The molecule has 28 heavy (non-hydrogen) atoms. The first-order chi connectivity index (χ1) is 13.5. The number of carbonyl (C=O) groups excluding carboxylic acids is 3. The number of rotatable bonds is 4. The lowest BCUT2D eigenvalue weighted by molar-refractivity contribution is -0.116. The number of anilines is 2. The summed E-state index contributed by atoms with van der Waals surface area (Å²) in [5.74, 6) is -1.21. The van der Waals surface area contributed by atoms with Gasteiger partial charge in [-0.25, -0.2) is 0 Å². The summed E-state index contributed by atoms with van der Waals surface area (Å²) in [6, 6.07) is 12.8. The van der Waals surface area contributed by atoms with Crippen LogP contribution in [-0.4, -0.2) is 42.3 Å². The maximum atomic E-state index is 12.6. The van der Waals surface area contributed by atoms with E-state index in [0.717, 1.165) is 42.1 Å². The summed E-state index contributed by atoms with van der Waals surface area (Å²) in [4.78, 5) is 41.0. The second-order valence-corrected chi connectivity index (χ2v) is 7.36. The van der Waals surface area contributed by atoms with Crippen LogP contribution in [-0.2, 0) is 4.79 Å². The molecule has 2 aromatic rings. The average Bonchev–Trinajstić information content (AvgIpc) is 2.93. The Morgan fingerprint density at radius 2 is 1.68 bits per heavy atom. The minimum absolute atomic E-state index is 0.292. The molecule has 3 amide bonds. The number of amides is 3. The number of benzene rings is 2. The smallest absolute Gasteiger partial charge is 0.262 e. The van der Waals surface area contributed by atoms with E-state index in [1.807, 2.05) is 31.2 Å². The Morgan fingerprint density at radius 1 is 0.964 bits per heavy atom. The number of nitrogens with zero attached hydrogens (tertiary/aromatic N) is 2. The molecule has 4 rings (SSSR count). The predicted molar refractivity (Wildman–Crippen MR) is 108 cm³/mol. The lowest BCUT2D eigenvalue weighted by Crippen LogP contribution is -2.37. The van der Waals surface area contributed by atoms with Crippen molar-refractivity contribution in [3.05, 3.63) is 59.2 Å². The summed E-state index contributed by atoms with van der Waals surface area (Å²) >= 11 is 0. The SMILES string of the molecule is Cc1ccc2c(c1)C(=O)N(CC(=O)Nc1ccccc1N1CCCCC1)C2=O. The number of hydrogen-bond donors (Lipinski definition) is 1. The van der Waals surface area contributed by atoms with Crippen LogP contribution >= 0.6 is 0 Å². The van der Waals surface area contributed by atoms with Gasteiger partial charge in [0, 0.05) is 13.1 Å². The van der Waals surface area contributed by atoms with Crippen molar-refractivity contribution in [2.75, 3.05) is 29.9 Å². The highest BCUT2D eigenvalue weighted by molar-refractivity contribution is 6.22. The number of imide groups is 1. The molecule has 6 nitrogen and oxygen atoms in total. The molecule has 0 bridgehead atoms. The standard InChI is InChI=1S/C22H23N3O3/c1-15-9-10-16-17(13-15)22(28)25(21(16)27)14-20(26)23-18-7-3-4-8-19(18)24-11-5-2-6-12-24/h3-4,7-10,13H,2,5-6,11-12,14H2,1H3,(H,23,26). The third kappa shape index (κ3) is 3.38. The summed E-state index contributed by atoms with van der Waals surface area (Å²) < 4.78 is 0. The maximum absolute atomic E-state index is 12.6. The Bertz CT molecular complexity index is 948. The van der Waals surface area contributed by atoms with Gasteiger partial charge in [-0.05, 0) is 50.5 Å². The van der Waals surface area contributed by atoms with E-state index >= 15 is 0 Å². The van der Waals surface area contributed by atoms with E-state index in [1.54, 1.807) is 18.2 Å². The molecule has 6 heteroatoms. The van der Waals surface area contributed by atoms with Crippen LogP contribution in [0.3, 0.4) is 0 Å². The van der Waals surface area contributed by atoms with Crippen LogP contribution in [0.25, 0.3) is 0 Å². The molecule has 0 radical (unpaired) electrons. The lowest BCUT2D eigenvalue weighted by atomic mass is 10.1. The normalized spacial score (nSPS) is 16.3. The Kier molecular flexibility index (Phi) is 4.86. The number of hydrogen-bond acceptors (Lipinski definition) is 4. The third-order valence-corrected chi connectivity index (χ3v) is 5.30. The highest BCUT2D eigenvalue weighted by Crippen LogP contribution is 2.29. The van der Waals surface area contributed by atoms with Crippen molar-refractivity contribution in [1.82, 2.24) is 4.90 Å². The Balaban J connectivity index is 1.49. The van der Waals surface area contributed by atoms with Gasteiger partial charge in [0.1, 0.15) is 6.54 Å². The Morgan fingerprint density at radius 3 is 2.46 bits per heavy atom. The fourth-order valence-electron chi connectivity index (χ4n) is 3.87. The van der Waals surface area contributed by atoms with Gasteiger partial charge in [-0.1, -0.05) is 23.8 Å². The molecular weight excluding hydrogens is 354 g/mol. The number of para-hydroxylation sites is 2. The monoisotopic (exact) mass is 377 g/mol. The molecule has 0 aliphatic carbocycles. The second-order valence-electron chi connectivity index (χ2n) is 7.36. The van der Waals surface area contributed by atoms with Gasteiger partial charge in [-0.2, -0.15) is 0 Å². The van der Waals surface area contributed by atoms with E-state index in [1.165, 1.54) is 6.42 Å². The van der Waals surface area contributed by atoms with Gasteiger partial charge in [0.2, 0.25) is 5.91 Å². The second kappa shape index (κ2) is 7.46. The number of piperidine rings is 1. The zero-order chi connectivity index (χ0) is 19.7. The van der Waals surface area contributed by atoms with Crippen molar-refractivity contribution in [1.29, 1.82) is 0 Å². The van der Waals surface area contributed by atoms with Crippen molar-refractivity contribution < 1.29 is 14.4 Å². The van der Waals surface area contributed by atoms with Crippen molar-refractivity contribution in [2.45, 2.75) is 26.2 Å². The number of carbonyl (C=O) groups is 3. The number of nitrogens with one attached hydrogen (secondary N) is 1. The molecule has 2 aliphatic heterocycles. The fraction of sp³-hybridized carbons (Fsp3) is 0.318. The zero-order valence-electron chi connectivity index (χ0n) is 15.9. The molecule has 1 saturated heterocycles. The van der Waals surface area contributed by atoms with Crippen LogP contribution in [0, 0.1) is 6.92 Å². The molecule has 1 fully saturated rings. The molecule has 0 spiro atoms. The van der Waals surface area contributed by atoms with Gasteiger partial charge >= 0.3 is 0 Å². The highest BCUT2D eigenvalue weighted by Gasteiger charge is 2.36. The van der Waals surface area contributed by atoms with E-state index in [4.69, 9.17) is 0 Å². The van der Waals surface area contributed by atoms with Crippen LogP contribution in [0.15, 0.2) is 42.5 Å². The Hall–Kier alpha value is -3.15. The molecule has 1 N–H and O–H groups in total. The molecule has 2 aliphatic rings. The minimum Gasteiger partial charge on any atom is -0.370 e. The molecule has 0 unspecified atom stereocenters. The molecule has 0 aromatic heterocycles. The Labute approximate surface area is 164 Å². The van der Waals surface area contributed by atoms with E-state index in [9.17, 15) is 14.4 Å². The molecule has 2 aromatic carbocycles. The van der Waals surface area contributed by atoms with Gasteiger partial charge < -0.3 is 10.2 Å². The minimum atomic E-state index is -0.417. The van der Waals surface area contributed by atoms with Gasteiger partial charge in [-0.15, -0.1) is 0 Å². The van der Waals surface area contributed by atoms with Crippen molar-refractivity contribution >= 4 is 29.1 Å². The van der Waals surface area contributed by atoms with Gasteiger partial charge in [-0.3, -0.25) is 19.3 Å². The van der Waals surface area contributed by atoms with E-state index in [2.05, 4.69) is 10.2 Å². The third-order valence-electron chi connectivity index (χ3n) is 5.30. The lowest BCUT2D eigenvalue weighted by Gasteiger charge is -2.30. The topological polar surface area (TPSA) is 69.7 Å². The van der Waals surface area contributed by atoms with Crippen LogP contribution in [0.4, 0.5) is 11.4 Å². The van der Waals surface area contributed by atoms with Gasteiger partial charge in [0.15, 0.2) is 0 Å². The fourth-order valence-corrected chi connectivity index (χ4v) is 3.87. The first-order valence-electron chi connectivity index (χ1n) is 9.65. The van der Waals surface area contributed by atoms with Gasteiger partial charge in [0.25, 0.3) is 11.8 Å². The van der Waals surface area contributed by atoms with Crippen molar-refractivity contribution in [3.63, 3.8) is 0 Å². The van der Waals surface area contributed by atoms with Crippen molar-refractivity contribution in [2.24, 2.45) is 0 Å². The number of fused-ring (bicyclic) bond motifs is 1. The highest BCUT2D eigenvalue weighted by atomic mass is 16.2. The zero-order valence-corrected chi connectivity index (χ0v) is 15.9. The van der Waals surface area contributed by atoms with Crippen molar-refractivity contribution in [3.8, 4) is 0 Å². The summed E-state index contributed by atoms with van der Waals surface area (Å²) in [6.45, 7) is 3.50. The molecule has 0 saturated carbocycles. The summed E-state index contributed by atoms with van der Waals surface area (Å²) in [7, 11) is 0. The van der Waals surface area contributed by atoms with E-state index < -0.39 is 11.8 Å². The first kappa shape index (κ1) is 18.2. The van der Waals surface area contributed by atoms with E-state index in [0.29, 0.717) is 16.8 Å². The summed E-state index contributed by atoms with van der Waals surface area (Å²) in [5.41, 5.74) is 3.32. The first-order valence-corrected chi connectivity index (χ1v) is 9.65. The maximum Gasteiger partial charge on any atom is 0.262 e. The summed E-state index contributed by atoms with van der Waals surface area (Å²) in [5, 5.41) is 2.89. The van der Waals surface area contributed by atoms with Gasteiger partial charge in [0.05, 0.1) is 22.5 Å². The molecule has 144 valence electrons. The average molecular weight is 377 g/mol. The van der Waals surface area contributed by atoms with Crippen LogP contribution < -0.4 is 10.2 Å².